The van der Waals surface area contributed by atoms with Gasteiger partial charge in [0.2, 0.25) is 5.91 Å². The van der Waals surface area contributed by atoms with Gasteiger partial charge < -0.3 is 19.4 Å². The largest absolute Gasteiger partial charge is 0.497 e. The zero-order valence-electron chi connectivity index (χ0n) is 18.9. The Morgan fingerprint density at radius 2 is 1.72 bits per heavy atom. The molecular formula is C26H30N2O4. The third kappa shape index (κ3) is 5.58. The molecule has 0 radical (unpaired) electrons. The molecule has 3 aromatic rings. The monoisotopic (exact) mass is 434 g/mol. The summed E-state index contributed by atoms with van der Waals surface area (Å²) in [5, 5.41) is 2.99. The third-order valence-corrected chi connectivity index (χ3v) is 5.17. The van der Waals surface area contributed by atoms with Crippen molar-refractivity contribution in [3.05, 3.63) is 72.1 Å². The quantitative estimate of drug-likeness (QED) is 0.427. The van der Waals surface area contributed by atoms with Gasteiger partial charge in [0, 0.05) is 24.7 Å². The van der Waals surface area contributed by atoms with Crippen molar-refractivity contribution in [2.45, 2.75) is 39.7 Å². The first kappa shape index (κ1) is 23.1. The fraction of sp³-hybridized carbons (Fsp3) is 0.308. The van der Waals surface area contributed by atoms with E-state index in [0.717, 1.165) is 35.3 Å². The van der Waals surface area contributed by atoms with E-state index in [2.05, 4.69) is 5.32 Å². The minimum absolute atomic E-state index is 0.121. The molecule has 1 amide bonds. The van der Waals surface area contributed by atoms with Crippen LogP contribution in [0.4, 0.5) is 5.69 Å². The number of hydrogen-bond acceptors (Lipinski definition) is 4. The van der Waals surface area contributed by atoms with Crippen LogP contribution in [0.15, 0.2) is 60.8 Å². The highest BCUT2D eigenvalue weighted by molar-refractivity contribution is 6.05. The van der Waals surface area contributed by atoms with Crippen LogP contribution in [0.25, 0.3) is 11.1 Å². The van der Waals surface area contributed by atoms with Gasteiger partial charge in [-0.2, -0.15) is 0 Å². The number of unbranched alkanes of at least 4 members (excludes halogenated alkanes) is 1. The van der Waals surface area contributed by atoms with Crippen molar-refractivity contribution < 1.29 is 19.1 Å². The predicted octanol–water partition coefficient (Wildman–Crippen LogP) is 5.52. The van der Waals surface area contributed by atoms with Gasteiger partial charge in [0.1, 0.15) is 5.75 Å². The fourth-order valence-electron chi connectivity index (χ4n) is 3.53. The Labute approximate surface area is 189 Å². The standard InChI is InChI=1S/C26H30N2O4/c1-4-6-12-23(29)27-24-22(20-13-15-21(31-3)16-14-20)18-28(25(24)26(30)32-5-2)17-19-10-8-7-9-11-19/h7-11,13-16,18H,4-6,12,17H2,1-3H3,(H,27,29). The van der Waals surface area contributed by atoms with Crippen molar-refractivity contribution in [1.82, 2.24) is 4.57 Å². The first-order chi connectivity index (χ1) is 15.6. The first-order valence-corrected chi connectivity index (χ1v) is 11.0. The summed E-state index contributed by atoms with van der Waals surface area (Å²) in [7, 11) is 1.61. The van der Waals surface area contributed by atoms with E-state index in [1.165, 1.54) is 0 Å². The van der Waals surface area contributed by atoms with Gasteiger partial charge in [-0.25, -0.2) is 4.79 Å². The summed E-state index contributed by atoms with van der Waals surface area (Å²) in [6, 6.07) is 17.4. The second-order valence-electron chi connectivity index (χ2n) is 7.48. The van der Waals surface area contributed by atoms with Crippen LogP contribution in [-0.4, -0.2) is 30.2 Å². The van der Waals surface area contributed by atoms with Gasteiger partial charge in [-0.15, -0.1) is 0 Å². The molecule has 0 saturated carbocycles. The van der Waals surface area contributed by atoms with E-state index < -0.39 is 5.97 Å². The summed E-state index contributed by atoms with van der Waals surface area (Å²) in [5.41, 5.74) is 3.49. The van der Waals surface area contributed by atoms with Crippen molar-refractivity contribution in [3.63, 3.8) is 0 Å². The lowest BCUT2D eigenvalue weighted by Gasteiger charge is -2.12. The van der Waals surface area contributed by atoms with Crippen LogP contribution in [0.5, 0.6) is 5.75 Å². The minimum atomic E-state index is -0.464. The molecule has 168 valence electrons. The molecular weight excluding hydrogens is 404 g/mol. The topological polar surface area (TPSA) is 69.6 Å². The van der Waals surface area contributed by atoms with E-state index in [1.54, 1.807) is 14.0 Å². The number of nitrogens with one attached hydrogen (secondary N) is 1. The summed E-state index contributed by atoms with van der Waals surface area (Å²) in [6.07, 6.45) is 3.99. The van der Waals surface area contributed by atoms with E-state index in [4.69, 9.17) is 9.47 Å². The number of benzene rings is 2. The number of methoxy groups -OCH3 is 1. The van der Waals surface area contributed by atoms with Crippen LogP contribution in [0.2, 0.25) is 0 Å². The number of rotatable bonds is 10. The number of anilines is 1. The zero-order chi connectivity index (χ0) is 22.9. The Hall–Kier alpha value is -3.54. The van der Waals surface area contributed by atoms with Gasteiger partial charge >= 0.3 is 5.97 Å². The molecule has 1 aromatic heterocycles. The summed E-state index contributed by atoms with van der Waals surface area (Å²) in [6.45, 7) is 4.53. The molecule has 0 unspecified atom stereocenters. The zero-order valence-corrected chi connectivity index (χ0v) is 18.9. The molecule has 0 bridgehead atoms. The van der Waals surface area contributed by atoms with Crippen molar-refractivity contribution in [2.24, 2.45) is 0 Å². The Bertz CT molecular complexity index is 1040. The number of esters is 1. The molecule has 0 spiro atoms. The predicted molar refractivity (Wildman–Crippen MR) is 126 cm³/mol. The van der Waals surface area contributed by atoms with Crippen LogP contribution in [0.3, 0.4) is 0 Å². The number of hydrogen-bond donors (Lipinski definition) is 1. The van der Waals surface area contributed by atoms with Crippen LogP contribution in [0, 0.1) is 0 Å². The number of carbonyl (C=O) groups is 2. The smallest absolute Gasteiger partial charge is 0.357 e. The Morgan fingerprint density at radius 1 is 1.00 bits per heavy atom. The number of carbonyl (C=O) groups excluding carboxylic acids is 2. The van der Waals surface area contributed by atoms with E-state index in [1.807, 2.05) is 72.3 Å². The molecule has 2 aromatic carbocycles. The van der Waals surface area contributed by atoms with Crippen molar-refractivity contribution >= 4 is 17.6 Å². The maximum atomic E-state index is 13.0. The van der Waals surface area contributed by atoms with Gasteiger partial charge in [-0.3, -0.25) is 4.79 Å². The molecule has 0 aliphatic carbocycles. The van der Waals surface area contributed by atoms with E-state index in [-0.39, 0.29) is 12.5 Å². The second kappa shape index (κ2) is 11.2. The van der Waals surface area contributed by atoms with Crippen LogP contribution in [0.1, 0.15) is 49.2 Å². The van der Waals surface area contributed by atoms with E-state index in [0.29, 0.717) is 24.3 Å². The average Bonchev–Trinajstić information content (AvgIpc) is 3.16. The van der Waals surface area contributed by atoms with Gasteiger partial charge in [0.15, 0.2) is 5.69 Å². The molecule has 0 aliphatic heterocycles. The molecule has 3 rings (SSSR count). The molecule has 0 fully saturated rings. The maximum Gasteiger partial charge on any atom is 0.357 e. The molecule has 32 heavy (non-hydrogen) atoms. The highest BCUT2D eigenvalue weighted by Gasteiger charge is 2.25. The summed E-state index contributed by atoms with van der Waals surface area (Å²) >= 11 is 0. The SMILES string of the molecule is CCCCC(=O)Nc1c(-c2ccc(OC)cc2)cn(Cc2ccccc2)c1C(=O)OCC. The van der Waals surface area contributed by atoms with Gasteiger partial charge in [0.25, 0.3) is 0 Å². The van der Waals surface area contributed by atoms with Gasteiger partial charge in [0.05, 0.1) is 19.4 Å². The molecule has 0 aliphatic rings. The average molecular weight is 435 g/mol. The van der Waals surface area contributed by atoms with Crippen molar-refractivity contribution in [2.75, 3.05) is 19.0 Å². The lowest BCUT2D eigenvalue weighted by atomic mass is 10.1. The van der Waals surface area contributed by atoms with Crippen molar-refractivity contribution in [3.8, 4) is 16.9 Å². The summed E-state index contributed by atoms with van der Waals surface area (Å²) < 4.78 is 12.5. The van der Waals surface area contributed by atoms with Crippen molar-refractivity contribution in [1.29, 1.82) is 0 Å². The van der Waals surface area contributed by atoms with Crippen LogP contribution < -0.4 is 10.1 Å². The Kier molecular flexibility index (Phi) is 8.08. The Balaban J connectivity index is 2.12. The highest BCUT2D eigenvalue weighted by Crippen LogP contribution is 2.35. The van der Waals surface area contributed by atoms with Gasteiger partial charge in [-0.05, 0) is 36.6 Å². The first-order valence-electron chi connectivity index (χ1n) is 11.0. The molecule has 0 atom stereocenters. The minimum Gasteiger partial charge on any atom is -0.497 e. The molecule has 1 N–H and O–H groups in total. The maximum absolute atomic E-state index is 13.0. The molecule has 6 heteroatoms. The van der Waals surface area contributed by atoms with E-state index >= 15 is 0 Å². The summed E-state index contributed by atoms with van der Waals surface area (Å²) in [5.74, 6) is 0.148. The second-order valence-corrected chi connectivity index (χ2v) is 7.48. The lowest BCUT2D eigenvalue weighted by Crippen LogP contribution is -2.18. The molecule has 0 saturated heterocycles. The van der Waals surface area contributed by atoms with E-state index in [9.17, 15) is 9.59 Å². The highest BCUT2D eigenvalue weighted by atomic mass is 16.5. The fourth-order valence-corrected chi connectivity index (χ4v) is 3.53. The number of nitrogens with zero attached hydrogens (tertiary/aromatic N) is 1. The Morgan fingerprint density at radius 3 is 2.34 bits per heavy atom. The molecule has 6 nitrogen and oxygen atoms in total. The third-order valence-electron chi connectivity index (χ3n) is 5.17. The van der Waals surface area contributed by atoms with Gasteiger partial charge in [-0.1, -0.05) is 55.8 Å². The van der Waals surface area contributed by atoms with Crippen LogP contribution in [-0.2, 0) is 16.1 Å². The summed E-state index contributed by atoms with van der Waals surface area (Å²) in [4.78, 5) is 25.7. The number of aromatic nitrogens is 1. The molecule has 1 heterocycles. The van der Waals surface area contributed by atoms with Crippen LogP contribution >= 0.6 is 0 Å². The number of amides is 1. The normalized spacial score (nSPS) is 10.6. The lowest BCUT2D eigenvalue weighted by molar-refractivity contribution is -0.116. The number of ether oxygens (including phenoxy) is 2.